The summed E-state index contributed by atoms with van der Waals surface area (Å²) in [4.78, 5) is 22.4. The molecule has 1 aromatic rings. The summed E-state index contributed by atoms with van der Waals surface area (Å²) in [5.74, 6) is -1.07. The van der Waals surface area contributed by atoms with Gasteiger partial charge < -0.3 is 14.6 Å². The number of carbonyl (C=O) groups excluding carboxylic acids is 1. The molecule has 0 bridgehead atoms. The van der Waals surface area contributed by atoms with Crippen molar-refractivity contribution in [1.29, 1.82) is 0 Å². The van der Waals surface area contributed by atoms with E-state index in [-0.39, 0.29) is 11.7 Å². The first-order valence-electron chi connectivity index (χ1n) is 7.86. The fraction of sp³-hybridized carbons (Fsp3) is 0.444. The quantitative estimate of drug-likeness (QED) is 0.381. The number of ether oxygens (including phenoxy) is 2. The largest absolute Gasteiger partial charge is 0.493 e. The molecule has 5 nitrogen and oxygen atoms in total. The van der Waals surface area contributed by atoms with E-state index in [0.717, 1.165) is 19.3 Å². The van der Waals surface area contributed by atoms with E-state index in [4.69, 9.17) is 14.6 Å². The van der Waals surface area contributed by atoms with E-state index in [0.29, 0.717) is 25.2 Å². The van der Waals surface area contributed by atoms with E-state index in [9.17, 15) is 9.59 Å². The molecule has 0 aliphatic heterocycles. The third kappa shape index (κ3) is 7.00. The number of aromatic carboxylic acids is 1. The Labute approximate surface area is 136 Å². The zero-order valence-corrected chi connectivity index (χ0v) is 13.5. The molecule has 0 aliphatic rings. The Kier molecular flexibility index (Phi) is 8.50. The second-order valence-corrected chi connectivity index (χ2v) is 5.20. The first kappa shape index (κ1) is 18.7. The Balaban J connectivity index is 2.45. The average molecular weight is 320 g/mol. The molecule has 1 N–H and O–H groups in total. The number of unbranched alkanes of at least 4 members (excludes halogenated alkanes) is 1. The molecule has 1 rings (SSSR count). The summed E-state index contributed by atoms with van der Waals surface area (Å²) in [6.45, 7) is 5.86. The Hall–Kier alpha value is -2.30. The second kappa shape index (κ2) is 10.4. The molecular formula is C18H24O5. The number of esters is 1. The number of benzene rings is 1. The predicted molar refractivity (Wildman–Crippen MR) is 87.7 cm³/mol. The van der Waals surface area contributed by atoms with Crippen LogP contribution in [0.15, 0.2) is 36.9 Å². The zero-order valence-electron chi connectivity index (χ0n) is 13.5. The molecular weight excluding hydrogens is 296 g/mol. The van der Waals surface area contributed by atoms with E-state index in [2.05, 4.69) is 13.5 Å². The summed E-state index contributed by atoms with van der Waals surface area (Å²) < 4.78 is 10.9. The molecule has 23 heavy (non-hydrogen) atoms. The number of carboxylic acids is 1. The summed E-state index contributed by atoms with van der Waals surface area (Å²) in [6.07, 6.45) is 5.18. The van der Waals surface area contributed by atoms with Crippen LogP contribution in [0.25, 0.3) is 0 Å². The molecule has 1 aromatic carbocycles. The van der Waals surface area contributed by atoms with Gasteiger partial charge in [-0.1, -0.05) is 38.5 Å². The molecule has 1 atom stereocenters. The summed E-state index contributed by atoms with van der Waals surface area (Å²) in [5, 5.41) is 9.09. The van der Waals surface area contributed by atoms with Crippen molar-refractivity contribution in [3.8, 4) is 5.75 Å². The van der Waals surface area contributed by atoms with Crippen LogP contribution in [0.4, 0.5) is 0 Å². The highest BCUT2D eigenvalue weighted by Crippen LogP contribution is 2.19. The molecule has 0 spiro atoms. The van der Waals surface area contributed by atoms with Crippen LogP contribution in [0.1, 0.15) is 49.4 Å². The second-order valence-electron chi connectivity index (χ2n) is 5.20. The number of carbonyl (C=O) groups is 2. The smallest absolute Gasteiger partial charge is 0.339 e. The molecule has 0 saturated carbocycles. The molecule has 0 fully saturated rings. The molecule has 126 valence electrons. The van der Waals surface area contributed by atoms with Gasteiger partial charge in [0.1, 0.15) is 17.4 Å². The highest BCUT2D eigenvalue weighted by atomic mass is 16.5. The van der Waals surface area contributed by atoms with Crippen molar-refractivity contribution in [2.45, 2.75) is 45.1 Å². The number of hydrogen-bond donors (Lipinski definition) is 1. The minimum atomic E-state index is -1.01. The first-order chi connectivity index (χ1) is 11.1. The fourth-order valence-corrected chi connectivity index (χ4v) is 2.17. The number of rotatable bonds is 11. The third-order valence-corrected chi connectivity index (χ3v) is 3.37. The predicted octanol–water partition coefficient (Wildman–Crippen LogP) is 3.83. The minimum Gasteiger partial charge on any atom is -0.493 e. The maximum atomic E-state index is 11.3. The first-order valence-corrected chi connectivity index (χ1v) is 7.86. The van der Waals surface area contributed by atoms with Gasteiger partial charge in [0.05, 0.1) is 6.61 Å². The fourth-order valence-electron chi connectivity index (χ4n) is 2.17. The van der Waals surface area contributed by atoms with Gasteiger partial charge in [-0.2, -0.15) is 0 Å². The summed E-state index contributed by atoms with van der Waals surface area (Å²) >= 11 is 0. The lowest BCUT2D eigenvalue weighted by molar-refractivity contribution is -0.143. The van der Waals surface area contributed by atoms with Crippen molar-refractivity contribution in [3.63, 3.8) is 0 Å². The SMILES string of the molecule is C=CC(=O)OC(CCCC)CCCOc1ccccc1C(=O)O. The lowest BCUT2D eigenvalue weighted by Gasteiger charge is -2.17. The normalized spacial score (nSPS) is 11.5. The van der Waals surface area contributed by atoms with Crippen LogP contribution in [-0.4, -0.2) is 29.8 Å². The number of hydrogen-bond acceptors (Lipinski definition) is 4. The van der Waals surface area contributed by atoms with Crippen LogP contribution in [0.3, 0.4) is 0 Å². The summed E-state index contributed by atoms with van der Waals surface area (Å²) in [5.41, 5.74) is 0.146. The Morgan fingerprint density at radius 2 is 1.96 bits per heavy atom. The molecule has 0 amide bonds. The van der Waals surface area contributed by atoms with Crippen LogP contribution in [-0.2, 0) is 9.53 Å². The van der Waals surface area contributed by atoms with Crippen molar-refractivity contribution in [3.05, 3.63) is 42.5 Å². The average Bonchev–Trinajstić information content (AvgIpc) is 2.56. The zero-order chi connectivity index (χ0) is 17.1. The third-order valence-electron chi connectivity index (χ3n) is 3.37. The maximum absolute atomic E-state index is 11.3. The number of carboxylic acid groups (broad SMARTS) is 1. The molecule has 0 saturated heterocycles. The van der Waals surface area contributed by atoms with Crippen molar-refractivity contribution >= 4 is 11.9 Å². The van der Waals surface area contributed by atoms with Gasteiger partial charge in [0.25, 0.3) is 0 Å². The highest BCUT2D eigenvalue weighted by molar-refractivity contribution is 5.90. The Morgan fingerprint density at radius 3 is 2.61 bits per heavy atom. The molecule has 5 heteroatoms. The van der Waals surface area contributed by atoms with Gasteiger partial charge in [0.2, 0.25) is 0 Å². The van der Waals surface area contributed by atoms with Crippen LogP contribution in [0.2, 0.25) is 0 Å². The minimum absolute atomic E-state index is 0.146. The van der Waals surface area contributed by atoms with Crippen molar-refractivity contribution in [2.24, 2.45) is 0 Å². The Bertz CT molecular complexity index is 524. The lowest BCUT2D eigenvalue weighted by Crippen LogP contribution is -2.18. The topological polar surface area (TPSA) is 72.8 Å². The summed E-state index contributed by atoms with van der Waals surface area (Å²) in [7, 11) is 0. The summed E-state index contributed by atoms with van der Waals surface area (Å²) in [6, 6.07) is 6.53. The molecule has 0 aliphatic carbocycles. The van der Waals surface area contributed by atoms with Gasteiger partial charge in [-0.15, -0.1) is 0 Å². The van der Waals surface area contributed by atoms with Gasteiger partial charge in [0.15, 0.2) is 0 Å². The van der Waals surface area contributed by atoms with Crippen molar-refractivity contribution in [1.82, 2.24) is 0 Å². The van der Waals surface area contributed by atoms with Crippen LogP contribution in [0, 0.1) is 0 Å². The van der Waals surface area contributed by atoms with Crippen molar-refractivity contribution in [2.75, 3.05) is 6.61 Å². The van der Waals surface area contributed by atoms with E-state index < -0.39 is 11.9 Å². The molecule has 0 radical (unpaired) electrons. The van der Waals surface area contributed by atoms with E-state index in [1.54, 1.807) is 18.2 Å². The maximum Gasteiger partial charge on any atom is 0.339 e. The van der Waals surface area contributed by atoms with Crippen LogP contribution < -0.4 is 4.74 Å². The van der Waals surface area contributed by atoms with Gasteiger partial charge in [-0.05, 0) is 31.4 Å². The standard InChI is InChI=1S/C18H24O5/c1-3-5-9-14(23-17(19)4-2)10-8-13-22-16-12-7-6-11-15(16)18(20)21/h4,6-7,11-12,14H,2-3,5,8-10,13H2,1H3,(H,20,21). The monoisotopic (exact) mass is 320 g/mol. The van der Waals surface area contributed by atoms with Gasteiger partial charge in [-0.3, -0.25) is 0 Å². The van der Waals surface area contributed by atoms with Gasteiger partial charge in [-0.25, -0.2) is 9.59 Å². The van der Waals surface area contributed by atoms with Gasteiger partial charge >= 0.3 is 11.9 Å². The van der Waals surface area contributed by atoms with Crippen molar-refractivity contribution < 1.29 is 24.2 Å². The van der Waals surface area contributed by atoms with E-state index in [1.807, 2.05) is 0 Å². The molecule has 0 heterocycles. The molecule has 0 aromatic heterocycles. The van der Waals surface area contributed by atoms with Gasteiger partial charge in [0, 0.05) is 6.08 Å². The number of para-hydroxylation sites is 1. The van der Waals surface area contributed by atoms with Crippen LogP contribution in [0.5, 0.6) is 5.75 Å². The van der Waals surface area contributed by atoms with E-state index >= 15 is 0 Å². The lowest BCUT2D eigenvalue weighted by atomic mass is 10.1. The highest BCUT2D eigenvalue weighted by Gasteiger charge is 2.13. The van der Waals surface area contributed by atoms with Crippen LogP contribution >= 0.6 is 0 Å². The van der Waals surface area contributed by atoms with E-state index in [1.165, 1.54) is 12.1 Å². The molecule has 1 unspecified atom stereocenters. The Morgan fingerprint density at radius 1 is 1.26 bits per heavy atom.